The molecule has 0 unspecified atom stereocenters. The lowest BCUT2D eigenvalue weighted by Crippen LogP contribution is -2.48. The molecule has 1 saturated carbocycles. The lowest BCUT2D eigenvalue weighted by molar-refractivity contribution is 0.290. The summed E-state index contributed by atoms with van der Waals surface area (Å²) in [6.07, 6.45) is 2.24. The summed E-state index contributed by atoms with van der Waals surface area (Å²) >= 11 is 0. The normalized spacial score (nSPS) is 23.8. The predicted octanol–water partition coefficient (Wildman–Crippen LogP) is 1.33. The van der Waals surface area contributed by atoms with Crippen LogP contribution in [0.1, 0.15) is 24.0 Å². The first-order valence-corrected chi connectivity index (χ1v) is 6.35. The quantitative estimate of drug-likeness (QED) is 0.806. The van der Waals surface area contributed by atoms with Crippen LogP contribution >= 0.6 is 0 Å². The van der Waals surface area contributed by atoms with E-state index in [-0.39, 0.29) is 0 Å². The van der Waals surface area contributed by atoms with Gasteiger partial charge in [0.05, 0.1) is 0 Å². The number of nitrogens with zero attached hydrogens (tertiary/aromatic N) is 1. The Kier molecular flexibility index (Phi) is 4.15. The van der Waals surface area contributed by atoms with Crippen LogP contribution in [0, 0.1) is 0 Å². The molecule has 0 atom stereocenters. The summed E-state index contributed by atoms with van der Waals surface area (Å²) < 4.78 is 0. The van der Waals surface area contributed by atoms with E-state index in [1.165, 1.54) is 11.1 Å². The Morgan fingerprint density at radius 3 is 2.47 bits per heavy atom. The lowest BCUT2D eigenvalue weighted by atomic mass is 9.87. The number of nitrogens with two attached hydrogens (primary N) is 1. The zero-order chi connectivity index (χ0) is 12.3. The van der Waals surface area contributed by atoms with Crippen molar-refractivity contribution in [1.82, 2.24) is 10.2 Å². The Labute approximate surface area is 104 Å². The van der Waals surface area contributed by atoms with Crippen molar-refractivity contribution in [2.45, 2.75) is 38.0 Å². The number of benzene rings is 1. The maximum Gasteiger partial charge on any atom is 0.0230 e. The molecule has 1 fully saturated rings. The molecule has 94 valence electrons. The molecule has 17 heavy (non-hydrogen) atoms. The topological polar surface area (TPSA) is 41.3 Å². The van der Waals surface area contributed by atoms with E-state index in [0.717, 1.165) is 25.9 Å². The summed E-state index contributed by atoms with van der Waals surface area (Å²) in [7, 11) is 4.21. The second-order valence-electron chi connectivity index (χ2n) is 5.32. The van der Waals surface area contributed by atoms with Crippen molar-refractivity contribution in [3.05, 3.63) is 35.4 Å². The zero-order valence-electron chi connectivity index (χ0n) is 10.8. The Hall–Kier alpha value is -0.900. The highest BCUT2D eigenvalue weighted by molar-refractivity contribution is 5.27. The third kappa shape index (κ3) is 3.53. The Balaban J connectivity index is 1.90. The molecular formula is C14H23N3. The fourth-order valence-corrected chi connectivity index (χ4v) is 2.31. The van der Waals surface area contributed by atoms with Crippen molar-refractivity contribution in [3.63, 3.8) is 0 Å². The smallest absolute Gasteiger partial charge is 0.0230 e. The molecule has 1 aromatic carbocycles. The Morgan fingerprint density at radius 1 is 1.24 bits per heavy atom. The molecule has 3 nitrogen and oxygen atoms in total. The third-order valence-corrected chi connectivity index (χ3v) is 3.36. The minimum Gasteiger partial charge on any atom is -0.328 e. The minimum absolute atomic E-state index is 0.421. The minimum atomic E-state index is 0.421. The summed E-state index contributed by atoms with van der Waals surface area (Å²) in [4.78, 5) is 2.21. The van der Waals surface area contributed by atoms with Gasteiger partial charge in [-0.05, 0) is 38.1 Å². The van der Waals surface area contributed by atoms with Gasteiger partial charge in [-0.2, -0.15) is 0 Å². The molecule has 2 rings (SSSR count). The molecular weight excluding hydrogens is 210 g/mol. The van der Waals surface area contributed by atoms with E-state index in [2.05, 4.69) is 48.6 Å². The molecule has 0 spiro atoms. The van der Waals surface area contributed by atoms with E-state index in [0.29, 0.717) is 12.1 Å². The average Bonchev–Trinajstić information content (AvgIpc) is 2.24. The van der Waals surface area contributed by atoms with Crippen molar-refractivity contribution in [2.75, 3.05) is 14.1 Å². The van der Waals surface area contributed by atoms with Crippen molar-refractivity contribution >= 4 is 0 Å². The molecule has 1 aromatic rings. The predicted molar refractivity (Wildman–Crippen MR) is 71.7 cm³/mol. The van der Waals surface area contributed by atoms with E-state index in [1.807, 2.05) is 0 Å². The maximum absolute atomic E-state index is 5.79. The van der Waals surface area contributed by atoms with E-state index in [1.54, 1.807) is 0 Å². The van der Waals surface area contributed by atoms with Crippen LogP contribution in [0.4, 0.5) is 0 Å². The van der Waals surface area contributed by atoms with Gasteiger partial charge in [0.1, 0.15) is 0 Å². The van der Waals surface area contributed by atoms with Gasteiger partial charge in [-0.25, -0.2) is 0 Å². The maximum atomic E-state index is 5.79. The molecule has 0 aromatic heterocycles. The van der Waals surface area contributed by atoms with E-state index in [9.17, 15) is 0 Å². The van der Waals surface area contributed by atoms with Gasteiger partial charge in [0.25, 0.3) is 0 Å². The summed E-state index contributed by atoms with van der Waals surface area (Å²) in [6.45, 7) is 1.96. The van der Waals surface area contributed by atoms with E-state index < -0.39 is 0 Å². The van der Waals surface area contributed by atoms with Gasteiger partial charge in [-0.1, -0.05) is 24.3 Å². The number of rotatable bonds is 5. The first-order valence-electron chi connectivity index (χ1n) is 6.35. The molecule has 0 bridgehead atoms. The largest absolute Gasteiger partial charge is 0.328 e. The summed E-state index contributed by atoms with van der Waals surface area (Å²) in [5.74, 6) is 0. The lowest BCUT2D eigenvalue weighted by Gasteiger charge is -2.33. The van der Waals surface area contributed by atoms with Crippen LogP contribution in [0.5, 0.6) is 0 Å². The second kappa shape index (κ2) is 5.63. The van der Waals surface area contributed by atoms with Crippen LogP contribution in [0.25, 0.3) is 0 Å². The molecule has 3 heteroatoms. The number of hydrogen-bond donors (Lipinski definition) is 2. The van der Waals surface area contributed by atoms with Gasteiger partial charge >= 0.3 is 0 Å². The van der Waals surface area contributed by atoms with E-state index in [4.69, 9.17) is 5.73 Å². The van der Waals surface area contributed by atoms with Gasteiger partial charge in [-0.3, -0.25) is 0 Å². The highest BCUT2D eigenvalue weighted by atomic mass is 15.0. The van der Waals surface area contributed by atoms with Gasteiger partial charge < -0.3 is 16.0 Å². The summed E-state index contributed by atoms with van der Waals surface area (Å²) in [5.41, 5.74) is 8.60. The van der Waals surface area contributed by atoms with Crippen LogP contribution in [0.3, 0.4) is 0 Å². The summed E-state index contributed by atoms with van der Waals surface area (Å²) in [6, 6.07) is 9.69. The highest BCUT2D eigenvalue weighted by Crippen LogP contribution is 2.18. The van der Waals surface area contributed by atoms with E-state index >= 15 is 0 Å². The molecule has 3 N–H and O–H groups in total. The first kappa shape index (κ1) is 12.6. The average molecular weight is 233 g/mol. The molecule has 1 aliphatic carbocycles. The van der Waals surface area contributed by atoms with Gasteiger partial charge in [-0.15, -0.1) is 0 Å². The monoisotopic (exact) mass is 233 g/mol. The number of nitrogens with one attached hydrogen (secondary N) is 1. The Morgan fingerprint density at radius 2 is 1.88 bits per heavy atom. The second-order valence-corrected chi connectivity index (χ2v) is 5.32. The molecule has 0 saturated heterocycles. The molecule has 0 aliphatic heterocycles. The van der Waals surface area contributed by atoms with Gasteiger partial charge in [0, 0.05) is 25.2 Å². The summed E-state index contributed by atoms with van der Waals surface area (Å²) in [5, 5.41) is 3.58. The van der Waals surface area contributed by atoms with Crippen LogP contribution in [-0.2, 0) is 13.1 Å². The number of hydrogen-bond acceptors (Lipinski definition) is 3. The first-order chi connectivity index (χ1) is 8.15. The third-order valence-electron chi connectivity index (χ3n) is 3.36. The van der Waals surface area contributed by atoms with Crippen LogP contribution < -0.4 is 11.1 Å². The van der Waals surface area contributed by atoms with Crippen molar-refractivity contribution < 1.29 is 0 Å². The fraction of sp³-hybridized carbons (Fsp3) is 0.571. The fourth-order valence-electron chi connectivity index (χ4n) is 2.31. The standard InChI is InChI=1S/C14H23N3/c1-17(2)10-12-6-4-3-5-11(12)9-16-14-7-13(15)8-14/h3-6,13-14,16H,7-10,15H2,1-2H3. The molecule has 0 amide bonds. The van der Waals surface area contributed by atoms with Gasteiger partial charge in [0.15, 0.2) is 0 Å². The van der Waals surface area contributed by atoms with Crippen molar-refractivity contribution in [3.8, 4) is 0 Å². The Bertz CT molecular complexity index is 356. The molecule has 0 radical (unpaired) electrons. The SMILES string of the molecule is CN(C)Cc1ccccc1CNC1CC(N)C1. The van der Waals surface area contributed by atoms with Crippen molar-refractivity contribution in [2.24, 2.45) is 5.73 Å². The van der Waals surface area contributed by atoms with Crippen LogP contribution in [0.15, 0.2) is 24.3 Å². The zero-order valence-corrected chi connectivity index (χ0v) is 10.8. The van der Waals surface area contributed by atoms with Crippen LogP contribution in [0.2, 0.25) is 0 Å². The van der Waals surface area contributed by atoms with Gasteiger partial charge in [0.2, 0.25) is 0 Å². The molecule has 1 aliphatic rings. The molecule has 0 heterocycles. The van der Waals surface area contributed by atoms with Crippen molar-refractivity contribution in [1.29, 1.82) is 0 Å². The highest BCUT2D eigenvalue weighted by Gasteiger charge is 2.25. The van der Waals surface area contributed by atoms with Crippen LogP contribution in [-0.4, -0.2) is 31.1 Å².